The first-order valence-electron chi connectivity index (χ1n) is 8.62. The Kier molecular flexibility index (Phi) is 8.58. The van der Waals surface area contributed by atoms with Crippen LogP contribution < -0.4 is 0 Å². The Morgan fingerprint density at radius 3 is 2.42 bits per heavy atom. The van der Waals surface area contributed by atoms with Crippen molar-refractivity contribution in [2.45, 2.75) is 72.8 Å². The molecule has 0 heterocycles. The van der Waals surface area contributed by atoms with E-state index in [1.165, 1.54) is 18.2 Å². The monoisotopic (exact) mass is 350 g/mol. The minimum Gasteiger partial charge on any atom is -0.391 e. The van der Waals surface area contributed by atoms with Gasteiger partial charge in [0, 0.05) is 16.0 Å². The lowest BCUT2D eigenvalue weighted by atomic mass is 9.95. The van der Waals surface area contributed by atoms with Crippen LogP contribution in [0.1, 0.15) is 66.7 Å². The highest BCUT2D eigenvalue weighted by atomic mass is 32.2. The molecule has 0 aromatic carbocycles. The highest BCUT2D eigenvalue weighted by Gasteiger charge is 2.24. The number of hydrogen-bond acceptors (Lipinski definition) is 4. The summed E-state index contributed by atoms with van der Waals surface area (Å²) in [6.45, 7) is 9.86. The lowest BCUT2D eigenvalue weighted by molar-refractivity contribution is 0.201. The molecule has 0 aromatic rings. The van der Waals surface area contributed by atoms with Gasteiger partial charge in [-0.2, -0.15) is 0 Å². The molecule has 1 rings (SSSR count). The smallest absolute Gasteiger partial charge is 0.0762 e. The van der Waals surface area contributed by atoms with Crippen LogP contribution in [0.15, 0.2) is 26.9 Å². The second-order valence-electron chi connectivity index (χ2n) is 7.14. The number of aliphatic hydroxyl groups excluding tert-OH is 1. The van der Waals surface area contributed by atoms with E-state index in [1.807, 2.05) is 19.9 Å². The molecular weight excluding hydrogens is 320 g/mol. The van der Waals surface area contributed by atoms with Crippen LogP contribution >= 0.6 is 11.8 Å². The first kappa shape index (κ1) is 20.8. The predicted molar refractivity (Wildman–Crippen MR) is 103 cm³/mol. The molecule has 0 atom stereocenters. The number of allylic oxidation sites excluding steroid dienone is 3. The lowest BCUT2D eigenvalue weighted by Crippen LogP contribution is -2.31. The summed E-state index contributed by atoms with van der Waals surface area (Å²) in [5.74, 6) is 6.37. The average molecular weight is 351 g/mol. The third-order valence-electron chi connectivity index (χ3n) is 3.96. The minimum absolute atomic E-state index is 0.0779. The molecule has 1 aliphatic rings. The van der Waals surface area contributed by atoms with E-state index in [-0.39, 0.29) is 18.1 Å². The third-order valence-corrected chi connectivity index (χ3v) is 5.18. The molecule has 4 nitrogen and oxygen atoms in total. The lowest BCUT2D eigenvalue weighted by Gasteiger charge is -2.30. The van der Waals surface area contributed by atoms with E-state index < -0.39 is 0 Å². The van der Waals surface area contributed by atoms with Gasteiger partial charge in [-0.3, -0.25) is 0 Å². The average Bonchev–Trinajstić information content (AvgIpc) is 2.56. The zero-order valence-corrected chi connectivity index (χ0v) is 16.4. The fourth-order valence-electron chi connectivity index (χ4n) is 2.61. The van der Waals surface area contributed by atoms with Crippen LogP contribution in [0.4, 0.5) is 0 Å². The molecule has 1 fully saturated rings. The van der Waals surface area contributed by atoms with Crippen molar-refractivity contribution in [3.63, 3.8) is 0 Å². The van der Waals surface area contributed by atoms with E-state index in [4.69, 9.17) is 0 Å². The summed E-state index contributed by atoms with van der Waals surface area (Å²) in [4.78, 5) is 13.0. The van der Waals surface area contributed by atoms with Gasteiger partial charge in [-0.05, 0) is 47.5 Å². The van der Waals surface area contributed by atoms with E-state index in [2.05, 4.69) is 37.9 Å². The van der Waals surface area contributed by atoms with Crippen LogP contribution in [0.25, 0.3) is 0 Å². The molecule has 0 amide bonds. The van der Waals surface area contributed by atoms with E-state index >= 15 is 0 Å². The van der Waals surface area contributed by atoms with Gasteiger partial charge in [-0.25, -0.2) is 5.01 Å². The summed E-state index contributed by atoms with van der Waals surface area (Å²) in [6, 6.07) is 0.146. The summed E-state index contributed by atoms with van der Waals surface area (Å²) in [7, 11) is 0. The Morgan fingerprint density at radius 1 is 1.33 bits per heavy atom. The molecule has 24 heavy (non-hydrogen) atoms. The maximum absolute atomic E-state index is 11.4. The van der Waals surface area contributed by atoms with Crippen molar-refractivity contribution in [2.75, 3.05) is 6.61 Å². The van der Waals surface area contributed by atoms with Crippen molar-refractivity contribution in [2.24, 2.45) is 10.7 Å². The maximum Gasteiger partial charge on any atom is 0.0762 e. The van der Waals surface area contributed by atoms with Crippen molar-refractivity contribution < 1.29 is 5.11 Å². The molecule has 1 aliphatic carbocycles. The zero-order valence-electron chi connectivity index (χ0n) is 15.6. The van der Waals surface area contributed by atoms with Gasteiger partial charge < -0.3 is 5.11 Å². The van der Waals surface area contributed by atoms with Crippen molar-refractivity contribution in [1.29, 1.82) is 0 Å². The van der Waals surface area contributed by atoms with Crippen molar-refractivity contribution in [3.05, 3.63) is 26.5 Å². The quantitative estimate of drug-likeness (QED) is 0.406. The summed E-state index contributed by atoms with van der Waals surface area (Å²) >= 11 is 1.42. The Hall–Kier alpha value is -1.25. The molecule has 0 radical (unpaired) electrons. The SMILES string of the molecule is C/C=C(/C#CC(C)(C)C)S/C(CO)=C(\C)N(N=O)C1CCCCC1. The van der Waals surface area contributed by atoms with Gasteiger partial charge in [0.1, 0.15) is 0 Å². The number of hydrogen-bond donors (Lipinski definition) is 1. The normalized spacial score (nSPS) is 17.7. The van der Waals surface area contributed by atoms with E-state index in [0.29, 0.717) is 0 Å². The Balaban J connectivity index is 2.99. The van der Waals surface area contributed by atoms with Crippen LogP contribution in [0.2, 0.25) is 0 Å². The van der Waals surface area contributed by atoms with Crippen LogP contribution in [0, 0.1) is 22.2 Å². The molecule has 0 saturated heterocycles. The molecule has 5 heteroatoms. The molecule has 134 valence electrons. The van der Waals surface area contributed by atoms with E-state index in [1.54, 1.807) is 5.01 Å². The molecule has 0 unspecified atom stereocenters. The van der Waals surface area contributed by atoms with E-state index in [0.717, 1.165) is 41.2 Å². The second-order valence-corrected chi connectivity index (χ2v) is 8.28. The summed E-state index contributed by atoms with van der Waals surface area (Å²) in [6.07, 6.45) is 7.37. The first-order chi connectivity index (χ1) is 11.3. The number of nitroso groups, excluding NO2 is 1. The van der Waals surface area contributed by atoms with Gasteiger partial charge in [0.15, 0.2) is 0 Å². The molecular formula is C19H30N2O2S. The minimum atomic E-state index is -0.121. The Morgan fingerprint density at radius 2 is 1.96 bits per heavy atom. The van der Waals surface area contributed by atoms with E-state index in [9.17, 15) is 10.0 Å². The predicted octanol–water partition coefficient (Wildman–Crippen LogP) is 5.21. The molecule has 0 bridgehead atoms. The number of thioether (sulfide) groups is 1. The topological polar surface area (TPSA) is 52.9 Å². The van der Waals surface area contributed by atoms with Gasteiger partial charge in [0.25, 0.3) is 0 Å². The Bertz CT molecular complexity index is 544. The number of nitrogens with zero attached hydrogens (tertiary/aromatic N) is 2. The fourth-order valence-corrected chi connectivity index (χ4v) is 3.41. The van der Waals surface area contributed by atoms with Gasteiger partial charge in [0.2, 0.25) is 0 Å². The van der Waals surface area contributed by atoms with Crippen molar-refractivity contribution >= 4 is 11.8 Å². The first-order valence-corrected chi connectivity index (χ1v) is 9.44. The van der Waals surface area contributed by atoms with Crippen LogP contribution in [0.5, 0.6) is 0 Å². The second kappa shape index (κ2) is 9.90. The van der Waals surface area contributed by atoms with Crippen molar-refractivity contribution in [3.8, 4) is 11.8 Å². The molecule has 0 spiro atoms. The van der Waals surface area contributed by atoms with Gasteiger partial charge in [-0.1, -0.05) is 48.9 Å². The van der Waals surface area contributed by atoms with Crippen LogP contribution in [0.3, 0.4) is 0 Å². The summed E-state index contributed by atoms with van der Waals surface area (Å²) < 4.78 is 0. The largest absolute Gasteiger partial charge is 0.391 e. The standard InChI is InChI=1S/C19H30N2O2S/c1-6-17(12-13-19(3,4)5)24-18(14-22)15(2)21(20-23)16-10-8-7-9-11-16/h6,16,22H,7-11,14H2,1-5H3/b17-6-,18-15+. The highest BCUT2D eigenvalue weighted by molar-refractivity contribution is 8.07. The van der Waals surface area contributed by atoms with Crippen molar-refractivity contribution in [1.82, 2.24) is 5.01 Å². The zero-order chi connectivity index (χ0) is 18.2. The highest BCUT2D eigenvalue weighted by Crippen LogP contribution is 2.32. The number of aliphatic hydroxyl groups is 1. The van der Waals surface area contributed by atoms with Gasteiger partial charge in [-0.15, -0.1) is 4.91 Å². The molecule has 0 aliphatic heterocycles. The molecule has 1 N–H and O–H groups in total. The number of rotatable bonds is 6. The van der Waals surface area contributed by atoms with Crippen LogP contribution in [-0.4, -0.2) is 22.8 Å². The van der Waals surface area contributed by atoms with Crippen LogP contribution in [-0.2, 0) is 0 Å². The van der Waals surface area contributed by atoms with Gasteiger partial charge in [0.05, 0.1) is 22.8 Å². The van der Waals surface area contributed by atoms with Gasteiger partial charge >= 0.3 is 0 Å². The molecule has 0 aromatic heterocycles. The third kappa shape index (κ3) is 6.70. The fraction of sp³-hybridized carbons (Fsp3) is 0.684. The summed E-state index contributed by atoms with van der Waals surface area (Å²) in [5.41, 5.74) is 0.659. The summed E-state index contributed by atoms with van der Waals surface area (Å²) in [5, 5.41) is 14.6. The molecule has 1 saturated carbocycles. The maximum atomic E-state index is 11.4. The Labute approximate surface area is 150 Å².